The van der Waals surface area contributed by atoms with Gasteiger partial charge in [-0.2, -0.15) is 5.26 Å². The summed E-state index contributed by atoms with van der Waals surface area (Å²) in [5.41, 5.74) is 2.24. The second-order valence-corrected chi connectivity index (χ2v) is 4.38. The van der Waals surface area contributed by atoms with E-state index >= 15 is 0 Å². The van der Waals surface area contributed by atoms with Crippen LogP contribution in [0.3, 0.4) is 0 Å². The van der Waals surface area contributed by atoms with Crippen molar-refractivity contribution < 1.29 is 9.84 Å². The van der Waals surface area contributed by atoms with Crippen LogP contribution in [-0.2, 0) is 6.42 Å². The number of aryl methyl sites for hydroxylation is 1. The first kappa shape index (κ1) is 11.9. The minimum atomic E-state index is -0.314. The Kier molecular flexibility index (Phi) is 4.00. The Labute approximate surface area is 102 Å². The third-order valence-electron chi connectivity index (χ3n) is 3.10. The number of aliphatic hydroxyl groups is 1. The highest BCUT2D eigenvalue weighted by molar-refractivity contribution is 5.38. The summed E-state index contributed by atoms with van der Waals surface area (Å²) in [4.78, 5) is 0. The Morgan fingerprint density at radius 3 is 3.18 bits per heavy atom. The van der Waals surface area contributed by atoms with Crippen molar-refractivity contribution in [3.8, 4) is 11.8 Å². The van der Waals surface area contributed by atoms with Crippen LogP contribution >= 0.6 is 0 Å². The average Bonchev–Trinajstić information content (AvgIpc) is 2.35. The summed E-state index contributed by atoms with van der Waals surface area (Å²) in [5.74, 6) is 0.843. The summed E-state index contributed by atoms with van der Waals surface area (Å²) < 4.78 is 5.58. The zero-order chi connectivity index (χ0) is 12.1. The van der Waals surface area contributed by atoms with Gasteiger partial charge in [-0.3, -0.25) is 0 Å². The topological polar surface area (TPSA) is 53.2 Å². The van der Waals surface area contributed by atoms with Crippen molar-refractivity contribution in [1.82, 2.24) is 0 Å². The van der Waals surface area contributed by atoms with Crippen molar-refractivity contribution in [3.05, 3.63) is 29.3 Å². The van der Waals surface area contributed by atoms with E-state index in [1.54, 1.807) is 0 Å². The molecule has 0 bridgehead atoms. The lowest BCUT2D eigenvalue weighted by Gasteiger charge is -2.21. The SMILES string of the molecule is N#CCCCOc1ccc2c(c1)CCCC2O. The van der Waals surface area contributed by atoms with E-state index in [2.05, 4.69) is 6.07 Å². The number of fused-ring (bicyclic) bond motifs is 1. The van der Waals surface area contributed by atoms with Gasteiger partial charge in [0.25, 0.3) is 0 Å². The van der Waals surface area contributed by atoms with Gasteiger partial charge in [0.1, 0.15) is 5.75 Å². The predicted octanol–water partition coefficient (Wildman–Crippen LogP) is 2.74. The molecule has 1 aliphatic carbocycles. The molecule has 0 saturated heterocycles. The molecular formula is C14H17NO2. The highest BCUT2D eigenvalue weighted by Gasteiger charge is 2.17. The Morgan fingerprint density at radius 1 is 1.47 bits per heavy atom. The van der Waals surface area contributed by atoms with E-state index in [-0.39, 0.29) is 6.10 Å². The lowest BCUT2D eigenvalue weighted by Crippen LogP contribution is -2.09. The van der Waals surface area contributed by atoms with Gasteiger partial charge in [-0.25, -0.2) is 0 Å². The second-order valence-electron chi connectivity index (χ2n) is 4.38. The highest BCUT2D eigenvalue weighted by atomic mass is 16.5. The van der Waals surface area contributed by atoms with Crippen molar-refractivity contribution >= 4 is 0 Å². The van der Waals surface area contributed by atoms with E-state index in [1.807, 2.05) is 18.2 Å². The Bertz CT molecular complexity index is 423. The summed E-state index contributed by atoms with van der Waals surface area (Å²) >= 11 is 0. The molecule has 1 atom stereocenters. The number of nitriles is 1. The number of benzene rings is 1. The first-order valence-corrected chi connectivity index (χ1v) is 6.12. The van der Waals surface area contributed by atoms with Crippen LogP contribution in [0.15, 0.2) is 18.2 Å². The molecule has 3 nitrogen and oxygen atoms in total. The average molecular weight is 231 g/mol. The predicted molar refractivity (Wildman–Crippen MR) is 64.7 cm³/mol. The summed E-state index contributed by atoms with van der Waals surface area (Å²) in [6, 6.07) is 7.97. The first-order chi connectivity index (χ1) is 8.31. The van der Waals surface area contributed by atoms with Crippen LogP contribution < -0.4 is 4.74 Å². The summed E-state index contributed by atoms with van der Waals surface area (Å²) in [6.07, 6.45) is 3.88. The number of hydrogen-bond donors (Lipinski definition) is 1. The fourth-order valence-corrected chi connectivity index (χ4v) is 2.20. The van der Waals surface area contributed by atoms with E-state index < -0.39 is 0 Å². The monoisotopic (exact) mass is 231 g/mol. The minimum Gasteiger partial charge on any atom is -0.494 e. The third-order valence-corrected chi connectivity index (χ3v) is 3.10. The molecule has 0 fully saturated rings. The third kappa shape index (κ3) is 2.98. The largest absolute Gasteiger partial charge is 0.494 e. The van der Waals surface area contributed by atoms with E-state index in [1.165, 1.54) is 5.56 Å². The van der Waals surface area contributed by atoms with Gasteiger partial charge in [0.15, 0.2) is 0 Å². The number of hydrogen-bond acceptors (Lipinski definition) is 3. The molecule has 3 heteroatoms. The van der Waals surface area contributed by atoms with Gasteiger partial charge in [0, 0.05) is 6.42 Å². The molecular weight excluding hydrogens is 214 g/mol. The number of rotatable bonds is 4. The molecule has 1 aromatic rings. The number of aliphatic hydroxyl groups excluding tert-OH is 1. The molecule has 0 spiro atoms. The molecule has 1 aromatic carbocycles. The van der Waals surface area contributed by atoms with Crippen LogP contribution in [0.25, 0.3) is 0 Å². The fourth-order valence-electron chi connectivity index (χ4n) is 2.20. The van der Waals surface area contributed by atoms with Gasteiger partial charge in [-0.05, 0) is 48.9 Å². The van der Waals surface area contributed by atoms with Crippen LogP contribution in [0.5, 0.6) is 5.75 Å². The maximum Gasteiger partial charge on any atom is 0.119 e. The van der Waals surface area contributed by atoms with Gasteiger partial charge in [-0.1, -0.05) is 6.07 Å². The Balaban J connectivity index is 1.99. The molecule has 0 amide bonds. The molecule has 1 N–H and O–H groups in total. The van der Waals surface area contributed by atoms with Gasteiger partial charge >= 0.3 is 0 Å². The lowest BCUT2D eigenvalue weighted by molar-refractivity contribution is 0.156. The molecule has 0 aliphatic heterocycles. The summed E-state index contributed by atoms with van der Waals surface area (Å²) in [7, 11) is 0. The highest BCUT2D eigenvalue weighted by Crippen LogP contribution is 2.31. The number of unbranched alkanes of at least 4 members (excludes halogenated alkanes) is 1. The quantitative estimate of drug-likeness (QED) is 0.811. The Hall–Kier alpha value is -1.53. The molecule has 1 aliphatic rings. The van der Waals surface area contributed by atoms with Crippen molar-refractivity contribution in [2.75, 3.05) is 6.61 Å². The van der Waals surface area contributed by atoms with Crippen LogP contribution in [0.2, 0.25) is 0 Å². The standard InChI is InChI=1S/C14H17NO2/c15-8-1-2-9-17-12-6-7-13-11(10-12)4-3-5-14(13)16/h6-7,10,14,16H,1-5,9H2. The van der Waals surface area contributed by atoms with E-state index in [9.17, 15) is 5.11 Å². The minimum absolute atomic E-state index is 0.314. The second kappa shape index (κ2) is 5.70. The van der Waals surface area contributed by atoms with Crippen molar-refractivity contribution in [3.63, 3.8) is 0 Å². The number of ether oxygens (including phenoxy) is 1. The lowest BCUT2D eigenvalue weighted by atomic mass is 9.89. The molecule has 0 radical (unpaired) electrons. The molecule has 2 rings (SSSR count). The van der Waals surface area contributed by atoms with Gasteiger partial charge in [0.2, 0.25) is 0 Å². The first-order valence-electron chi connectivity index (χ1n) is 6.12. The maximum absolute atomic E-state index is 9.82. The van der Waals surface area contributed by atoms with Crippen molar-refractivity contribution in [2.45, 2.75) is 38.2 Å². The van der Waals surface area contributed by atoms with E-state index in [0.717, 1.165) is 37.0 Å². The van der Waals surface area contributed by atoms with Crippen LogP contribution in [0, 0.1) is 11.3 Å². The number of nitrogens with zero attached hydrogens (tertiary/aromatic N) is 1. The van der Waals surface area contributed by atoms with Gasteiger partial charge in [0.05, 0.1) is 18.8 Å². The van der Waals surface area contributed by atoms with Gasteiger partial charge in [-0.15, -0.1) is 0 Å². The van der Waals surface area contributed by atoms with Crippen molar-refractivity contribution in [2.24, 2.45) is 0 Å². The molecule has 1 unspecified atom stereocenters. The normalized spacial score (nSPS) is 18.2. The molecule has 0 heterocycles. The van der Waals surface area contributed by atoms with E-state index in [4.69, 9.17) is 10.00 Å². The fraction of sp³-hybridized carbons (Fsp3) is 0.500. The van der Waals surface area contributed by atoms with Crippen LogP contribution in [-0.4, -0.2) is 11.7 Å². The molecule has 90 valence electrons. The summed E-state index contributed by atoms with van der Waals surface area (Å²) in [5, 5.41) is 18.2. The Morgan fingerprint density at radius 2 is 2.35 bits per heavy atom. The smallest absolute Gasteiger partial charge is 0.119 e. The maximum atomic E-state index is 9.82. The molecule has 0 aromatic heterocycles. The van der Waals surface area contributed by atoms with Crippen LogP contribution in [0.4, 0.5) is 0 Å². The van der Waals surface area contributed by atoms with Crippen LogP contribution in [0.1, 0.15) is 42.9 Å². The summed E-state index contributed by atoms with van der Waals surface area (Å²) in [6.45, 7) is 0.578. The molecule has 17 heavy (non-hydrogen) atoms. The van der Waals surface area contributed by atoms with Crippen molar-refractivity contribution in [1.29, 1.82) is 5.26 Å². The zero-order valence-corrected chi connectivity index (χ0v) is 9.85. The van der Waals surface area contributed by atoms with Gasteiger partial charge < -0.3 is 9.84 Å². The zero-order valence-electron chi connectivity index (χ0n) is 9.85. The van der Waals surface area contributed by atoms with E-state index in [0.29, 0.717) is 13.0 Å². The molecule has 0 saturated carbocycles.